The molecule has 0 saturated carbocycles. The number of aromatic nitrogens is 1. The fourth-order valence-electron chi connectivity index (χ4n) is 2.57. The van der Waals surface area contributed by atoms with Crippen LogP contribution in [0.3, 0.4) is 0 Å². The minimum absolute atomic E-state index is 0.340. The van der Waals surface area contributed by atoms with Crippen molar-refractivity contribution in [1.29, 1.82) is 0 Å². The van der Waals surface area contributed by atoms with Crippen molar-refractivity contribution >= 4 is 0 Å². The predicted molar refractivity (Wildman–Crippen MR) is 84.6 cm³/mol. The second-order valence-corrected chi connectivity index (χ2v) is 6.14. The maximum atomic E-state index is 12.1. The molecule has 0 atom stereocenters. The summed E-state index contributed by atoms with van der Waals surface area (Å²) < 4.78 is 18.1. The van der Waals surface area contributed by atoms with Crippen molar-refractivity contribution < 1.29 is 18.9 Å². The molecule has 0 aliphatic carbocycles. The summed E-state index contributed by atoms with van der Waals surface area (Å²) in [6.45, 7) is 6.67. The molecule has 23 heavy (non-hydrogen) atoms. The maximum Gasteiger partial charge on any atom is 0.232 e. The van der Waals surface area contributed by atoms with Gasteiger partial charge in [-0.3, -0.25) is 0 Å². The van der Waals surface area contributed by atoms with Gasteiger partial charge < -0.3 is 19.4 Å². The van der Waals surface area contributed by atoms with Crippen LogP contribution in [0.1, 0.15) is 36.2 Å². The summed E-state index contributed by atoms with van der Waals surface area (Å²) in [5.41, 5.74) is 3.33. The molecule has 0 fully saturated rings. The van der Waals surface area contributed by atoms with Crippen LogP contribution in [0.4, 0.5) is 0 Å². The van der Waals surface area contributed by atoms with Gasteiger partial charge >= 0.3 is 0 Å². The number of nitrogens with zero attached hydrogens (tertiary/aromatic N) is 1. The molecule has 0 amide bonds. The van der Waals surface area contributed by atoms with Gasteiger partial charge in [-0.05, 0) is 5.56 Å². The third-order valence-electron chi connectivity index (χ3n) is 3.88. The molecule has 2 aromatic rings. The van der Waals surface area contributed by atoms with E-state index in [0.717, 1.165) is 21.4 Å². The first-order valence-electron chi connectivity index (χ1n) is 7.65. The molecular weight excluding hydrogens is 294 g/mol. The Labute approximate surface area is 136 Å². The fourth-order valence-corrected chi connectivity index (χ4v) is 2.57. The van der Waals surface area contributed by atoms with Crippen LogP contribution in [0.5, 0.6) is 5.75 Å². The molecule has 1 aliphatic rings. The molecule has 3 rings (SSSR count). The zero-order valence-corrected chi connectivity index (χ0v) is 13.7. The molecule has 5 heteroatoms. The number of hydrogen-bond acceptors (Lipinski definition) is 4. The van der Waals surface area contributed by atoms with E-state index in [1.165, 1.54) is 0 Å². The van der Waals surface area contributed by atoms with Gasteiger partial charge in [0.1, 0.15) is 0 Å². The van der Waals surface area contributed by atoms with Crippen LogP contribution in [0.2, 0.25) is 0 Å². The zero-order valence-electron chi connectivity index (χ0n) is 13.7. The van der Waals surface area contributed by atoms with Gasteiger partial charge in [-0.2, -0.15) is 4.73 Å². The number of pyridine rings is 1. The van der Waals surface area contributed by atoms with E-state index in [2.05, 4.69) is 0 Å². The van der Waals surface area contributed by atoms with Gasteiger partial charge in [-0.15, -0.1) is 0 Å². The highest BCUT2D eigenvalue weighted by atomic mass is 16.7. The van der Waals surface area contributed by atoms with Crippen LogP contribution >= 0.6 is 0 Å². The third kappa shape index (κ3) is 3.46. The van der Waals surface area contributed by atoms with Crippen LogP contribution in [0.15, 0.2) is 36.5 Å². The number of fused-ring (bicyclic) bond motifs is 1. The Morgan fingerprint density at radius 2 is 1.96 bits per heavy atom. The number of ether oxygens (including phenoxy) is 3. The molecule has 2 heterocycles. The highest BCUT2D eigenvalue weighted by Gasteiger charge is 2.33. The molecule has 0 spiro atoms. The molecule has 0 bridgehead atoms. The van der Waals surface area contributed by atoms with E-state index in [0.29, 0.717) is 31.3 Å². The predicted octanol–water partition coefficient (Wildman–Crippen LogP) is 2.99. The second kappa shape index (κ2) is 6.18. The van der Waals surface area contributed by atoms with Crippen molar-refractivity contribution in [2.75, 3.05) is 0 Å². The summed E-state index contributed by atoms with van der Waals surface area (Å²) >= 11 is 0. The lowest BCUT2D eigenvalue weighted by Crippen LogP contribution is -2.40. The van der Waals surface area contributed by atoms with E-state index >= 15 is 0 Å². The SMILES string of the molecule is Cc1c2c(c(COCc3ccccc3)c[n+]1[O-])COC(C)(C)O2. The van der Waals surface area contributed by atoms with Crippen molar-refractivity contribution in [3.8, 4) is 5.75 Å². The summed E-state index contributed by atoms with van der Waals surface area (Å²) in [6.07, 6.45) is 1.55. The number of hydrogen-bond donors (Lipinski definition) is 0. The van der Waals surface area contributed by atoms with Crippen molar-refractivity contribution in [1.82, 2.24) is 0 Å². The summed E-state index contributed by atoms with van der Waals surface area (Å²) in [4.78, 5) is 0. The lowest BCUT2D eigenvalue weighted by atomic mass is 10.1. The van der Waals surface area contributed by atoms with Gasteiger partial charge in [0.05, 0.1) is 25.4 Å². The number of benzene rings is 1. The average molecular weight is 315 g/mol. The molecule has 0 radical (unpaired) electrons. The quantitative estimate of drug-likeness (QED) is 0.643. The Bertz CT molecular complexity index is 698. The molecule has 0 saturated heterocycles. The molecule has 5 nitrogen and oxygen atoms in total. The van der Waals surface area contributed by atoms with Crippen LogP contribution in [0.25, 0.3) is 0 Å². The molecule has 122 valence electrons. The van der Waals surface area contributed by atoms with Crippen molar-refractivity contribution in [3.05, 3.63) is 64.1 Å². The van der Waals surface area contributed by atoms with Gasteiger partial charge in [-0.1, -0.05) is 30.3 Å². The minimum Gasteiger partial charge on any atom is -0.618 e. The molecular formula is C18H21NO4. The van der Waals surface area contributed by atoms with E-state index in [-0.39, 0.29) is 0 Å². The first-order chi connectivity index (χ1) is 11.0. The monoisotopic (exact) mass is 315 g/mol. The van der Waals surface area contributed by atoms with Gasteiger partial charge in [-0.25, -0.2) is 0 Å². The van der Waals surface area contributed by atoms with Gasteiger partial charge in [0.15, 0.2) is 11.9 Å². The molecule has 0 unspecified atom stereocenters. The van der Waals surface area contributed by atoms with Crippen LogP contribution in [-0.4, -0.2) is 5.79 Å². The van der Waals surface area contributed by atoms with E-state index in [4.69, 9.17) is 14.2 Å². The highest BCUT2D eigenvalue weighted by Crippen LogP contribution is 2.34. The van der Waals surface area contributed by atoms with Crippen LogP contribution < -0.4 is 9.47 Å². The average Bonchev–Trinajstić information content (AvgIpc) is 2.52. The van der Waals surface area contributed by atoms with Crippen LogP contribution in [-0.2, 0) is 29.3 Å². The Morgan fingerprint density at radius 3 is 2.70 bits per heavy atom. The Kier molecular flexibility index (Phi) is 4.24. The van der Waals surface area contributed by atoms with E-state index in [9.17, 15) is 5.21 Å². The van der Waals surface area contributed by atoms with Crippen molar-refractivity contribution in [2.24, 2.45) is 0 Å². The molecule has 1 aromatic carbocycles. The van der Waals surface area contributed by atoms with Crippen molar-refractivity contribution in [3.63, 3.8) is 0 Å². The summed E-state index contributed by atoms with van der Waals surface area (Å²) in [5, 5.41) is 12.1. The topological polar surface area (TPSA) is 54.6 Å². The Balaban J connectivity index is 1.79. The van der Waals surface area contributed by atoms with Gasteiger partial charge in [0.25, 0.3) is 0 Å². The first kappa shape index (κ1) is 15.8. The van der Waals surface area contributed by atoms with Crippen molar-refractivity contribution in [2.45, 2.75) is 46.4 Å². The smallest absolute Gasteiger partial charge is 0.232 e. The summed E-state index contributed by atoms with van der Waals surface area (Å²) in [7, 11) is 0. The molecule has 1 aliphatic heterocycles. The first-order valence-corrected chi connectivity index (χ1v) is 7.65. The maximum absolute atomic E-state index is 12.1. The third-order valence-corrected chi connectivity index (χ3v) is 3.88. The van der Waals surface area contributed by atoms with E-state index < -0.39 is 5.79 Å². The second-order valence-electron chi connectivity index (χ2n) is 6.14. The molecule has 0 N–H and O–H groups in total. The van der Waals surface area contributed by atoms with E-state index in [1.54, 1.807) is 13.1 Å². The lowest BCUT2D eigenvalue weighted by molar-refractivity contribution is -0.613. The minimum atomic E-state index is -0.728. The van der Waals surface area contributed by atoms with E-state index in [1.807, 2.05) is 44.2 Å². The Morgan fingerprint density at radius 1 is 1.22 bits per heavy atom. The molecule has 1 aromatic heterocycles. The zero-order chi connectivity index (χ0) is 16.4. The highest BCUT2D eigenvalue weighted by molar-refractivity contribution is 5.40. The fraction of sp³-hybridized carbons (Fsp3) is 0.389. The number of rotatable bonds is 4. The summed E-state index contributed by atoms with van der Waals surface area (Å²) in [6, 6.07) is 9.93. The Hall–Kier alpha value is -2.11. The van der Waals surface area contributed by atoms with Gasteiger partial charge in [0, 0.05) is 26.3 Å². The standard InChI is InChI=1S/C18H21NO4/c1-13-17-16(12-22-18(2,3)23-17)15(9-19(13)20)11-21-10-14-7-5-4-6-8-14/h4-9H,10-12H2,1-3H3. The lowest BCUT2D eigenvalue weighted by Gasteiger charge is -2.33. The van der Waals surface area contributed by atoms with Crippen LogP contribution in [0, 0.1) is 12.1 Å². The summed E-state index contributed by atoms with van der Waals surface area (Å²) in [5.74, 6) is -0.120. The largest absolute Gasteiger partial charge is 0.618 e. The van der Waals surface area contributed by atoms with Gasteiger partial charge in [0.2, 0.25) is 11.5 Å². The normalized spacial score (nSPS) is 15.8.